The number of hydrogen-bond donors (Lipinski definition) is 2. The first kappa shape index (κ1) is 21.1. The molecule has 0 atom stereocenters. The zero-order valence-corrected chi connectivity index (χ0v) is 17.9. The third kappa shape index (κ3) is 4.03. The Hall–Kier alpha value is -4.18. The van der Waals surface area contributed by atoms with Crippen LogP contribution in [-0.4, -0.2) is 35.4 Å². The Bertz CT molecular complexity index is 1360. The number of nitrogens with one attached hydrogen (secondary N) is 2. The third-order valence-corrected chi connectivity index (χ3v) is 5.41. The van der Waals surface area contributed by atoms with Gasteiger partial charge in [0, 0.05) is 35.5 Å². The van der Waals surface area contributed by atoms with E-state index in [2.05, 4.69) is 15.6 Å². The maximum atomic E-state index is 12.8. The number of aromatic nitrogens is 2. The molecule has 0 spiro atoms. The van der Waals surface area contributed by atoms with Gasteiger partial charge in [-0.3, -0.25) is 18.8 Å². The van der Waals surface area contributed by atoms with Crippen molar-refractivity contribution in [3.05, 3.63) is 81.7 Å². The molecule has 2 aromatic heterocycles. The fourth-order valence-electron chi connectivity index (χ4n) is 3.05. The van der Waals surface area contributed by atoms with Crippen molar-refractivity contribution in [1.82, 2.24) is 9.38 Å². The van der Waals surface area contributed by atoms with E-state index >= 15 is 0 Å². The molecule has 2 heterocycles. The predicted octanol–water partition coefficient (Wildman–Crippen LogP) is 3.28. The lowest BCUT2D eigenvalue weighted by Crippen LogP contribution is -2.26. The molecule has 9 nitrogen and oxygen atoms in total. The number of hydrogen-bond acceptors (Lipinski definition) is 7. The van der Waals surface area contributed by atoms with Crippen LogP contribution >= 0.6 is 11.3 Å². The van der Waals surface area contributed by atoms with Gasteiger partial charge < -0.3 is 20.1 Å². The molecule has 4 rings (SSSR count). The molecule has 2 N–H and O–H groups in total. The average Bonchev–Trinajstić information content (AvgIpc) is 3.30. The average molecular weight is 450 g/mol. The van der Waals surface area contributed by atoms with E-state index in [1.165, 1.54) is 48.3 Å². The highest BCUT2D eigenvalue weighted by Crippen LogP contribution is 2.36. The summed E-state index contributed by atoms with van der Waals surface area (Å²) < 4.78 is 12.1. The summed E-state index contributed by atoms with van der Waals surface area (Å²) in [6.07, 6.45) is 2.79. The van der Waals surface area contributed by atoms with Gasteiger partial charge in [0.05, 0.1) is 25.6 Å². The number of benzene rings is 2. The van der Waals surface area contributed by atoms with Crippen molar-refractivity contribution in [2.24, 2.45) is 0 Å². The van der Waals surface area contributed by atoms with Crippen LogP contribution in [0.4, 0.5) is 11.4 Å². The van der Waals surface area contributed by atoms with Gasteiger partial charge >= 0.3 is 0 Å². The van der Waals surface area contributed by atoms with Crippen molar-refractivity contribution >= 4 is 39.5 Å². The standard InChI is InChI=1S/C22H18N4O5S/c1-30-17-11-16(25-20(28)14-12-23-22-26(21(14)29)8-9-32-22)18(31-2)10-15(17)24-19(27)13-6-4-3-5-7-13/h3-12H,1-2H3,(H,24,27)(H,25,28). The second-order valence-corrected chi connectivity index (χ2v) is 7.43. The molecule has 2 aromatic carbocycles. The van der Waals surface area contributed by atoms with Crippen LogP contribution in [0.15, 0.2) is 65.0 Å². The fourth-order valence-corrected chi connectivity index (χ4v) is 3.72. The third-order valence-electron chi connectivity index (χ3n) is 4.64. The number of nitrogens with zero attached hydrogens (tertiary/aromatic N) is 2. The van der Waals surface area contributed by atoms with Crippen molar-refractivity contribution in [3.8, 4) is 11.5 Å². The molecule has 2 amide bonds. The summed E-state index contributed by atoms with van der Waals surface area (Å²) in [4.78, 5) is 42.5. The van der Waals surface area contributed by atoms with Crippen molar-refractivity contribution < 1.29 is 19.1 Å². The van der Waals surface area contributed by atoms with Crippen LogP contribution < -0.4 is 25.7 Å². The maximum Gasteiger partial charge on any atom is 0.271 e. The van der Waals surface area contributed by atoms with Crippen LogP contribution in [-0.2, 0) is 0 Å². The molecule has 0 aliphatic heterocycles. The number of ether oxygens (including phenoxy) is 2. The topological polar surface area (TPSA) is 111 Å². The molecular weight excluding hydrogens is 432 g/mol. The van der Waals surface area contributed by atoms with Gasteiger partial charge in [-0.15, -0.1) is 11.3 Å². The highest BCUT2D eigenvalue weighted by molar-refractivity contribution is 7.15. The predicted molar refractivity (Wildman–Crippen MR) is 121 cm³/mol. The summed E-state index contributed by atoms with van der Waals surface area (Å²) in [5.74, 6) is -0.406. The van der Waals surface area contributed by atoms with Crippen molar-refractivity contribution in [1.29, 1.82) is 0 Å². The lowest BCUT2D eigenvalue weighted by Gasteiger charge is -2.16. The first-order valence-electron chi connectivity index (χ1n) is 9.40. The van der Waals surface area contributed by atoms with Gasteiger partial charge in [0.25, 0.3) is 17.4 Å². The number of rotatable bonds is 6. The van der Waals surface area contributed by atoms with Gasteiger partial charge in [-0.1, -0.05) is 18.2 Å². The SMILES string of the molecule is COc1cc(NC(=O)c2cnc3sccn3c2=O)c(OC)cc1NC(=O)c1ccccc1. The first-order chi connectivity index (χ1) is 15.5. The highest BCUT2D eigenvalue weighted by Gasteiger charge is 2.19. The molecule has 32 heavy (non-hydrogen) atoms. The number of amides is 2. The van der Waals surface area contributed by atoms with Crippen LogP contribution in [0.25, 0.3) is 4.96 Å². The summed E-state index contributed by atoms with van der Waals surface area (Å²) in [6.45, 7) is 0. The van der Waals surface area contributed by atoms with Crippen LogP contribution in [0.3, 0.4) is 0 Å². The molecule has 0 fully saturated rings. The molecule has 10 heteroatoms. The minimum Gasteiger partial charge on any atom is -0.494 e. The van der Waals surface area contributed by atoms with Gasteiger partial charge in [-0.2, -0.15) is 0 Å². The smallest absolute Gasteiger partial charge is 0.271 e. The van der Waals surface area contributed by atoms with E-state index in [0.717, 1.165) is 0 Å². The summed E-state index contributed by atoms with van der Waals surface area (Å²) in [7, 11) is 2.86. The minimum atomic E-state index is -0.649. The Labute approximate surface area is 186 Å². The van der Waals surface area contributed by atoms with Gasteiger partial charge in [0.15, 0.2) is 4.96 Å². The molecule has 0 radical (unpaired) electrons. The van der Waals surface area contributed by atoms with Gasteiger partial charge in [0.1, 0.15) is 17.1 Å². The Morgan fingerprint density at radius 1 is 0.969 bits per heavy atom. The number of methoxy groups -OCH3 is 2. The quantitative estimate of drug-likeness (QED) is 0.466. The number of anilines is 2. The Morgan fingerprint density at radius 3 is 2.22 bits per heavy atom. The highest BCUT2D eigenvalue weighted by atomic mass is 32.1. The molecule has 0 unspecified atom stereocenters. The van der Waals surface area contributed by atoms with Crippen LogP contribution in [0.2, 0.25) is 0 Å². The molecule has 162 valence electrons. The minimum absolute atomic E-state index is 0.122. The van der Waals surface area contributed by atoms with Crippen molar-refractivity contribution in [3.63, 3.8) is 0 Å². The lowest BCUT2D eigenvalue weighted by atomic mass is 10.2. The molecule has 0 aliphatic rings. The maximum absolute atomic E-state index is 12.8. The van der Waals surface area contributed by atoms with Crippen LogP contribution in [0.1, 0.15) is 20.7 Å². The van der Waals surface area contributed by atoms with Gasteiger partial charge in [0.2, 0.25) is 0 Å². The van der Waals surface area contributed by atoms with E-state index in [-0.39, 0.29) is 22.9 Å². The van der Waals surface area contributed by atoms with E-state index < -0.39 is 11.5 Å². The van der Waals surface area contributed by atoms with E-state index in [4.69, 9.17) is 9.47 Å². The number of carbonyl (C=O) groups is 2. The Morgan fingerprint density at radius 2 is 1.59 bits per heavy atom. The van der Waals surface area contributed by atoms with Gasteiger partial charge in [-0.05, 0) is 12.1 Å². The number of thiazole rings is 1. The van der Waals surface area contributed by atoms with E-state index in [1.807, 2.05) is 6.07 Å². The first-order valence-corrected chi connectivity index (χ1v) is 10.3. The second-order valence-electron chi connectivity index (χ2n) is 6.56. The molecule has 0 aliphatic carbocycles. The zero-order valence-electron chi connectivity index (χ0n) is 17.1. The molecular formula is C22H18N4O5S. The summed E-state index contributed by atoms with van der Waals surface area (Å²) in [5, 5.41) is 7.14. The van der Waals surface area contributed by atoms with Gasteiger partial charge in [-0.25, -0.2) is 4.98 Å². The second kappa shape index (κ2) is 8.90. The van der Waals surface area contributed by atoms with Crippen molar-refractivity contribution in [2.75, 3.05) is 24.9 Å². The summed E-state index contributed by atoms with van der Waals surface area (Å²) in [6, 6.07) is 11.7. The fraction of sp³-hybridized carbons (Fsp3) is 0.0909. The number of carbonyl (C=O) groups excluding carboxylic acids is 2. The van der Waals surface area contributed by atoms with Crippen LogP contribution in [0, 0.1) is 0 Å². The van der Waals surface area contributed by atoms with E-state index in [9.17, 15) is 14.4 Å². The largest absolute Gasteiger partial charge is 0.494 e. The molecule has 0 bridgehead atoms. The normalized spacial score (nSPS) is 10.6. The molecule has 4 aromatic rings. The van der Waals surface area contributed by atoms with Crippen LogP contribution in [0.5, 0.6) is 11.5 Å². The molecule has 0 saturated carbocycles. The monoisotopic (exact) mass is 450 g/mol. The molecule has 0 saturated heterocycles. The van der Waals surface area contributed by atoms with Crippen molar-refractivity contribution in [2.45, 2.75) is 0 Å². The Kier molecular flexibility index (Phi) is 5.86. The van der Waals surface area contributed by atoms with E-state index in [1.54, 1.807) is 35.8 Å². The lowest BCUT2D eigenvalue weighted by molar-refractivity contribution is 0.101. The van der Waals surface area contributed by atoms with E-state index in [0.29, 0.717) is 22.0 Å². The zero-order chi connectivity index (χ0) is 22.7. The summed E-state index contributed by atoms with van der Waals surface area (Å²) >= 11 is 1.29. The number of fused-ring (bicyclic) bond motifs is 1. The Balaban J connectivity index is 1.64. The summed E-state index contributed by atoms with van der Waals surface area (Å²) in [5.41, 5.74) is 0.497.